The van der Waals surface area contributed by atoms with Crippen molar-refractivity contribution in [3.05, 3.63) is 34.0 Å². The fourth-order valence-corrected chi connectivity index (χ4v) is 2.92. The van der Waals surface area contributed by atoms with E-state index < -0.39 is 0 Å². The van der Waals surface area contributed by atoms with Gasteiger partial charge in [0.15, 0.2) is 0 Å². The van der Waals surface area contributed by atoms with Crippen LogP contribution in [0, 0.1) is 6.92 Å². The van der Waals surface area contributed by atoms with Crippen LogP contribution >= 0.6 is 11.3 Å². The Kier molecular flexibility index (Phi) is 2.94. The van der Waals surface area contributed by atoms with Crippen molar-refractivity contribution in [2.45, 2.75) is 38.9 Å². The van der Waals surface area contributed by atoms with Crippen molar-refractivity contribution < 1.29 is 0 Å². The zero-order valence-electron chi connectivity index (χ0n) is 9.89. The largest absolute Gasteiger partial charge is 0.308 e. The smallest absolute Gasteiger partial charge is 0.147 e. The van der Waals surface area contributed by atoms with Gasteiger partial charge in [-0.3, -0.25) is 0 Å². The second kappa shape index (κ2) is 4.58. The molecule has 3 heterocycles. The quantitative estimate of drug-likeness (QED) is 0.900. The van der Waals surface area contributed by atoms with Crippen LogP contribution in [0.15, 0.2) is 16.8 Å². The first kappa shape index (κ1) is 10.9. The summed E-state index contributed by atoms with van der Waals surface area (Å²) in [6, 6.07) is 2.69. The second-order valence-electron chi connectivity index (χ2n) is 4.51. The molecule has 2 aromatic heterocycles. The van der Waals surface area contributed by atoms with Crippen molar-refractivity contribution in [2.75, 3.05) is 0 Å². The van der Waals surface area contributed by atoms with Gasteiger partial charge in [0.2, 0.25) is 0 Å². The monoisotopic (exact) mass is 248 g/mol. The van der Waals surface area contributed by atoms with Crippen LogP contribution in [0.3, 0.4) is 0 Å². The summed E-state index contributed by atoms with van der Waals surface area (Å²) in [5, 5.41) is 12.3. The van der Waals surface area contributed by atoms with Crippen molar-refractivity contribution in [1.82, 2.24) is 20.1 Å². The number of hydrogen-bond donors (Lipinski definition) is 1. The Bertz CT molecular complexity index is 489. The highest BCUT2D eigenvalue weighted by Gasteiger charge is 2.20. The molecule has 1 N–H and O–H groups in total. The van der Waals surface area contributed by atoms with Crippen molar-refractivity contribution in [3.63, 3.8) is 0 Å². The van der Waals surface area contributed by atoms with Gasteiger partial charge in [0.05, 0.1) is 6.54 Å². The van der Waals surface area contributed by atoms with Gasteiger partial charge in [-0.2, -0.15) is 16.4 Å². The molecule has 0 spiro atoms. The zero-order valence-corrected chi connectivity index (χ0v) is 10.7. The SMILES string of the molecule is Cc1nc2n(n1)C[C@@H](NCc1ccsc1)CC2. The van der Waals surface area contributed by atoms with Gasteiger partial charge in [-0.15, -0.1) is 0 Å². The van der Waals surface area contributed by atoms with E-state index in [-0.39, 0.29) is 0 Å². The number of nitrogens with zero attached hydrogens (tertiary/aromatic N) is 3. The molecule has 4 nitrogen and oxygen atoms in total. The van der Waals surface area contributed by atoms with Gasteiger partial charge in [0.1, 0.15) is 11.6 Å². The molecule has 2 aromatic rings. The molecule has 0 unspecified atom stereocenters. The van der Waals surface area contributed by atoms with Crippen molar-refractivity contribution in [3.8, 4) is 0 Å². The van der Waals surface area contributed by atoms with E-state index in [1.165, 1.54) is 5.56 Å². The lowest BCUT2D eigenvalue weighted by atomic mass is 10.1. The van der Waals surface area contributed by atoms with Gasteiger partial charge in [0, 0.05) is 19.0 Å². The van der Waals surface area contributed by atoms with Gasteiger partial charge in [0.25, 0.3) is 0 Å². The van der Waals surface area contributed by atoms with Gasteiger partial charge in [-0.25, -0.2) is 9.67 Å². The molecule has 0 fully saturated rings. The molecule has 0 saturated heterocycles. The molecule has 0 bridgehead atoms. The van der Waals surface area contributed by atoms with Crippen molar-refractivity contribution >= 4 is 11.3 Å². The summed E-state index contributed by atoms with van der Waals surface area (Å²) in [4.78, 5) is 4.42. The van der Waals surface area contributed by atoms with Crippen LogP contribution in [-0.2, 0) is 19.5 Å². The van der Waals surface area contributed by atoms with Gasteiger partial charge < -0.3 is 5.32 Å². The molecule has 1 atom stereocenters. The van der Waals surface area contributed by atoms with E-state index >= 15 is 0 Å². The zero-order chi connectivity index (χ0) is 11.7. The van der Waals surface area contributed by atoms with Gasteiger partial charge >= 0.3 is 0 Å². The topological polar surface area (TPSA) is 42.7 Å². The average Bonchev–Trinajstić information content (AvgIpc) is 2.92. The Labute approximate surface area is 105 Å². The molecule has 1 aliphatic heterocycles. The van der Waals surface area contributed by atoms with Crippen LogP contribution in [-0.4, -0.2) is 20.8 Å². The van der Waals surface area contributed by atoms with Gasteiger partial charge in [-0.05, 0) is 35.7 Å². The van der Waals surface area contributed by atoms with E-state index in [1.807, 2.05) is 11.6 Å². The molecule has 0 aromatic carbocycles. The molecule has 90 valence electrons. The Morgan fingerprint density at radius 1 is 1.59 bits per heavy atom. The van der Waals surface area contributed by atoms with Crippen LogP contribution in [0.25, 0.3) is 0 Å². The number of aromatic nitrogens is 3. The number of hydrogen-bond acceptors (Lipinski definition) is 4. The van der Waals surface area contributed by atoms with Crippen LogP contribution < -0.4 is 5.32 Å². The van der Waals surface area contributed by atoms with Crippen LogP contribution in [0.4, 0.5) is 0 Å². The Morgan fingerprint density at radius 2 is 2.53 bits per heavy atom. The summed E-state index contributed by atoms with van der Waals surface area (Å²) in [6.07, 6.45) is 2.18. The van der Waals surface area contributed by atoms with E-state index in [9.17, 15) is 0 Å². The van der Waals surface area contributed by atoms with E-state index in [1.54, 1.807) is 11.3 Å². The normalized spacial score (nSPS) is 19.2. The molecular formula is C12H16N4S. The third-order valence-electron chi connectivity index (χ3n) is 3.14. The third kappa shape index (κ3) is 2.40. The van der Waals surface area contributed by atoms with Crippen LogP contribution in [0.5, 0.6) is 0 Å². The molecule has 0 saturated carbocycles. The minimum Gasteiger partial charge on any atom is -0.308 e. The first-order chi connectivity index (χ1) is 8.31. The Balaban J connectivity index is 1.60. The maximum absolute atomic E-state index is 4.42. The van der Waals surface area contributed by atoms with E-state index in [4.69, 9.17) is 0 Å². The molecule has 5 heteroatoms. The Morgan fingerprint density at radius 3 is 3.35 bits per heavy atom. The predicted molar refractivity (Wildman–Crippen MR) is 68.0 cm³/mol. The fourth-order valence-electron chi connectivity index (χ4n) is 2.26. The van der Waals surface area contributed by atoms with Crippen LogP contribution in [0.2, 0.25) is 0 Å². The minimum absolute atomic E-state index is 0.517. The van der Waals surface area contributed by atoms with Crippen molar-refractivity contribution in [2.24, 2.45) is 0 Å². The van der Waals surface area contributed by atoms with E-state index in [0.717, 1.165) is 37.6 Å². The summed E-state index contributed by atoms with van der Waals surface area (Å²) >= 11 is 1.75. The lowest BCUT2D eigenvalue weighted by Gasteiger charge is -2.23. The predicted octanol–water partition coefficient (Wildman–Crippen LogP) is 1.75. The summed E-state index contributed by atoms with van der Waals surface area (Å²) in [5.74, 6) is 2.02. The molecule has 0 radical (unpaired) electrons. The first-order valence-electron chi connectivity index (χ1n) is 5.96. The van der Waals surface area contributed by atoms with E-state index in [2.05, 4.69) is 32.2 Å². The lowest BCUT2D eigenvalue weighted by molar-refractivity contribution is 0.358. The fraction of sp³-hybridized carbons (Fsp3) is 0.500. The number of rotatable bonds is 3. The number of aryl methyl sites for hydroxylation is 2. The summed E-state index contributed by atoms with van der Waals surface area (Å²) in [7, 11) is 0. The third-order valence-corrected chi connectivity index (χ3v) is 3.87. The van der Waals surface area contributed by atoms with Crippen LogP contribution in [0.1, 0.15) is 23.6 Å². The Hall–Kier alpha value is -1.20. The highest BCUT2D eigenvalue weighted by atomic mass is 32.1. The van der Waals surface area contributed by atoms with E-state index in [0.29, 0.717) is 6.04 Å². The van der Waals surface area contributed by atoms with Gasteiger partial charge in [-0.1, -0.05) is 0 Å². The van der Waals surface area contributed by atoms with Crippen molar-refractivity contribution in [1.29, 1.82) is 0 Å². The highest BCUT2D eigenvalue weighted by Crippen LogP contribution is 2.14. The summed E-state index contributed by atoms with van der Waals surface area (Å²) in [5.41, 5.74) is 1.37. The minimum atomic E-state index is 0.517. The maximum Gasteiger partial charge on any atom is 0.147 e. The second-order valence-corrected chi connectivity index (χ2v) is 5.29. The highest BCUT2D eigenvalue weighted by molar-refractivity contribution is 7.07. The first-order valence-corrected chi connectivity index (χ1v) is 6.90. The standard InChI is InChI=1S/C12H16N4S/c1-9-14-12-3-2-11(7-16(12)15-9)13-6-10-4-5-17-8-10/h4-5,8,11,13H,2-3,6-7H2,1H3/t11-/m0/s1. The molecule has 3 rings (SSSR count). The molecule has 1 aliphatic rings. The average molecular weight is 248 g/mol. The maximum atomic E-state index is 4.42. The molecule has 0 aliphatic carbocycles. The molecule has 0 amide bonds. The summed E-state index contributed by atoms with van der Waals surface area (Å²) < 4.78 is 2.05. The molecule has 17 heavy (non-hydrogen) atoms. The number of nitrogens with one attached hydrogen (secondary N) is 1. The lowest BCUT2D eigenvalue weighted by Crippen LogP contribution is -2.37. The number of fused-ring (bicyclic) bond motifs is 1. The summed E-state index contributed by atoms with van der Waals surface area (Å²) in [6.45, 7) is 3.86. The molecular weight excluding hydrogens is 232 g/mol. The number of thiophene rings is 1.